The second-order valence-corrected chi connectivity index (χ2v) is 9.92. The molecule has 0 unspecified atom stereocenters. The van der Waals surface area contributed by atoms with Crippen LogP contribution in [-0.4, -0.2) is 37.3 Å². The Hall–Kier alpha value is -3.68. The van der Waals surface area contributed by atoms with Crippen molar-refractivity contribution in [1.29, 1.82) is 0 Å². The monoisotopic (exact) mass is 474 g/mol. The van der Waals surface area contributed by atoms with Gasteiger partial charge >= 0.3 is 5.97 Å². The number of ether oxygens (including phenoxy) is 2. The third kappa shape index (κ3) is 3.50. The van der Waals surface area contributed by atoms with Gasteiger partial charge in [0, 0.05) is 24.7 Å². The molecule has 2 aromatic carbocycles. The predicted molar refractivity (Wildman–Crippen MR) is 126 cm³/mol. The van der Waals surface area contributed by atoms with E-state index in [2.05, 4.69) is 0 Å². The molecule has 180 valence electrons. The highest BCUT2D eigenvalue weighted by molar-refractivity contribution is 6.22. The molecule has 0 radical (unpaired) electrons. The number of hydrogen-bond donors (Lipinski definition) is 0. The SMILES string of the molecule is COc1cccc(N2C[C@@H](C(=O)Oc3ccc(N4C(=O)[C@@H]5[C@H]6CC[C@@H](C6)[C@@H]5C4=O)cc3)CC2=O)c1. The average Bonchev–Trinajstić information content (AvgIpc) is 3.63. The zero-order valence-electron chi connectivity index (χ0n) is 19.4. The fraction of sp³-hybridized carbons (Fsp3) is 0.407. The smallest absolute Gasteiger partial charge is 0.316 e. The van der Waals surface area contributed by atoms with Crippen molar-refractivity contribution in [3.05, 3.63) is 48.5 Å². The van der Waals surface area contributed by atoms with Gasteiger partial charge in [0.05, 0.1) is 30.6 Å². The second kappa shape index (κ2) is 8.22. The number of rotatable bonds is 5. The Morgan fingerprint density at radius 1 is 0.886 bits per heavy atom. The van der Waals surface area contributed by atoms with Gasteiger partial charge in [-0.15, -0.1) is 0 Å². The number of imide groups is 1. The normalized spacial score (nSPS) is 29.2. The minimum atomic E-state index is -0.593. The van der Waals surface area contributed by atoms with E-state index in [1.165, 1.54) is 4.90 Å². The fourth-order valence-corrected chi connectivity index (χ4v) is 6.42. The van der Waals surface area contributed by atoms with Gasteiger partial charge in [0.25, 0.3) is 0 Å². The summed E-state index contributed by atoms with van der Waals surface area (Å²) in [6.07, 6.45) is 3.13. The summed E-state index contributed by atoms with van der Waals surface area (Å²) in [5, 5.41) is 0. The van der Waals surface area contributed by atoms with E-state index in [1.807, 2.05) is 0 Å². The van der Waals surface area contributed by atoms with Gasteiger partial charge in [-0.25, -0.2) is 0 Å². The Labute approximate surface area is 202 Å². The quantitative estimate of drug-likeness (QED) is 0.375. The predicted octanol–water partition coefficient (Wildman–Crippen LogP) is 3.19. The van der Waals surface area contributed by atoms with E-state index in [-0.39, 0.29) is 42.5 Å². The van der Waals surface area contributed by atoms with Crippen LogP contribution in [0.15, 0.2) is 48.5 Å². The van der Waals surface area contributed by atoms with Crippen LogP contribution in [0, 0.1) is 29.6 Å². The summed E-state index contributed by atoms with van der Waals surface area (Å²) in [6, 6.07) is 13.6. The molecule has 2 saturated carbocycles. The largest absolute Gasteiger partial charge is 0.497 e. The molecule has 35 heavy (non-hydrogen) atoms. The van der Waals surface area contributed by atoms with E-state index in [0.29, 0.717) is 34.7 Å². The fourth-order valence-electron chi connectivity index (χ4n) is 6.42. The van der Waals surface area contributed by atoms with Crippen LogP contribution in [-0.2, 0) is 19.2 Å². The lowest BCUT2D eigenvalue weighted by Crippen LogP contribution is -2.32. The number of carbonyl (C=O) groups excluding carboxylic acids is 4. The molecule has 5 atom stereocenters. The molecule has 0 N–H and O–H groups in total. The second-order valence-electron chi connectivity index (χ2n) is 9.92. The van der Waals surface area contributed by atoms with Crippen LogP contribution >= 0.6 is 0 Å². The maximum Gasteiger partial charge on any atom is 0.316 e. The Morgan fingerprint density at radius 3 is 2.23 bits per heavy atom. The summed E-state index contributed by atoms with van der Waals surface area (Å²) in [5.74, 6) is -0.176. The molecule has 4 fully saturated rings. The molecule has 2 saturated heterocycles. The summed E-state index contributed by atoms with van der Waals surface area (Å²) >= 11 is 0. The molecule has 8 nitrogen and oxygen atoms in total. The molecule has 0 spiro atoms. The van der Waals surface area contributed by atoms with Crippen molar-refractivity contribution >= 4 is 35.1 Å². The number of carbonyl (C=O) groups is 4. The minimum absolute atomic E-state index is 0.0655. The number of fused-ring (bicyclic) bond motifs is 5. The molecule has 8 heteroatoms. The highest BCUT2D eigenvalue weighted by Gasteiger charge is 2.61. The van der Waals surface area contributed by atoms with Gasteiger partial charge in [0.1, 0.15) is 11.5 Å². The lowest BCUT2D eigenvalue weighted by molar-refractivity contribution is -0.139. The molecule has 2 aromatic rings. The molecule has 2 aliphatic carbocycles. The Bertz CT molecular complexity index is 1200. The van der Waals surface area contributed by atoms with Crippen LogP contribution in [0.5, 0.6) is 11.5 Å². The molecule has 2 bridgehead atoms. The Balaban J connectivity index is 1.12. The van der Waals surface area contributed by atoms with Crippen LogP contribution < -0.4 is 19.3 Å². The van der Waals surface area contributed by atoms with Gasteiger partial charge in [0.15, 0.2) is 0 Å². The Morgan fingerprint density at radius 2 is 1.57 bits per heavy atom. The van der Waals surface area contributed by atoms with E-state index in [1.54, 1.807) is 60.5 Å². The average molecular weight is 475 g/mol. The van der Waals surface area contributed by atoms with Crippen molar-refractivity contribution in [3.63, 3.8) is 0 Å². The number of hydrogen-bond acceptors (Lipinski definition) is 6. The van der Waals surface area contributed by atoms with Crippen molar-refractivity contribution in [3.8, 4) is 11.5 Å². The van der Waals surface area contributed by atoms with Gasteiger partial charge in [-0.1, -0.05) is 6.07 Å². The molecule has 4 aliphatic rings. The van der Waals surface area contributed by atoms with E-state index in [4.69, 9.17) is 9.47 Å². The number of nitrogens with zero attached hydrogens (tertiary/aromatic N) is 2. The summed E-state index contributed by atoms with van der Waals surface area (Å²) in [4.78, 5) is 54.2. The molecule has 3 amide bonds. The highest BCUT2D eigenvalue weighted by Crippen LogP contribution is 2.56. The lowest BCUT2D eigenvalue weighted by atomic mass is 9.81. The number of benzene rings is 2. The Kier molecular flexibility index (Phi) is 5.12. The summed E-state index contributed by atoms with van der Waals surface area (Å²) in [6.45, 7) is 0.227. The topological polar surface area (TPSA) is 93.2 Å². The van der Waals surface area contributed by atoms with E-state index in [9.17, 15) is 19.2 Å². The number of methoxy groups -OCH3 is 1. The van der Waals surface area contributed by atoms with Gasteiger partial charge in [-0.3, -0.25) is 24.1 Å². The van der Waals surface area contributed by atoms with Crippen LogP contribution in [0.25, 0.3) is 0 Å². The van der Waals surface area contributed by atoms with E-state index in [0.717, 1.165) is 19.3 Å². The van der Waals surface area contributed by atoms with Gasteiger partial charge in [-0.05, 0) is 67.5 Å². The van der Waals surface area contributed by atoms with Crippen molar-refractivity contribution in [2.45, 2.75) is 25.7 Å². The lowest BCUT2D eigenvalue weighted by Gasteiger charge is -2.19. The van der Waals surface area contributed by atoms with Crippen LogP contribution in [0.1, 0.15) is 25.7 Å². The first-order valence-electron chi connectivity index (χ1n) is 12.1. The number of esters is 1. The number of amides is 3. The molecule has 2 heterocycles. The maximum absolute atomic E-state index is 13.0. The molecule has 6 rings (SSSR count). The van der Waals surface area contributed by atoms with Gasteiger partial charge < -0.3 is 14.4 Å². The molecular formula is C27H26N2O6. The third-order valence-electron chi connectivity index (χ3n) is 8.06. The first-order valence-corrected chi connectivity index (χ1v) is 12.1. The van der Waals surface area contributed by atoms with Gasteiger partial charge in [0.2, 0.25) is 17.7 Å². The van der Waals surface area contributed by atoms with Crippen molar-refractivity contribution in [1.82, 2.24) is 0 Å². The van der Waals surface area contributed by atoms with Gasteiger partial charge in [-0.2, -0.15) is 0 Å². The zero-order valence-corrected chi connectivity index (χ0v) is 19.4. The van der Waals surface area contributed by atoms with E-state index < -0.39 is 11.9 Å². The summed E-state index contributed by atoms with van der Waals surface area (Å²) in [5.41, 5.74) is 1.18. The van der Waals surface area contributed by atoms with Crippen molar-refractivity contribution in [2.75, 3.05) is 23.5 Å². The standard InChI is InChI=1S/C27H26N2O6/c1-34-21-4-2-3-19(13-21)28-14-17(12-22(28)30)27(33)35-20-9-7-18(8-10-20)29-25(31)23-15-5-6-16(11-15)24(23)26(29)32/h2-4,7-10,13,15-17,23-24H,5-6,11-12,14H2,1H3/t15-,16-,17-,23-,24+/m0/s1. The zero-order chi connectivity index (χ0) is 24.3. The molecule has 0 aromatic heterocycles. The third-order valence-corrected chi connectivity index (χ3v) is 8.06. The van der Waals surface area contributed by atoms with Crippen LogP contribution in [0.2, 0.25) is 0 Å². The van der Waals surface area contributed by atoms with Crippen LogP contribution in [0.3, 0.4) is 0 Å². The minimum Gasteiger partial charge on any atom is -0.497 e. The molecular weight excluding hydrogens is 448 g/mol. The maximum atomic E-state index is 13.0. The van der Waals surface area contributed by atoms with Crippen molar-refractivity contribution in [2.24, 2.45) is 29.6 Å². The van der Waals surface area contributed by atoms with Crippen LogP contribution in [0.4, 0.5) is 11.4 Å². The summed E-state index contributed by atoms with van der Waals surface area (Å²) in [7, 11) is 1.56. The number of anilines is 2. The first kappa shape index (κ1) is 21.8. The van der Waals surface area contributed by atoms with Crippen molar-refractivity contribution < 1.29 is 28.7 Å². The highest BCUT2D eigenvalue weighted by atomic mass is 16.5. The first-order chi connectivity index (χ1) is 16.9. The molecule has 2 aliphatic heterocycles. The summed E-state index contributed by atoms with van der Waals surface area (Å²) < 4.78 is 10.8. The van der Waals surface area contributed by atoms with E-state index >= 15 is 0 Å².